The van der Waals surface area contributed by atoms with Gasteiger partial charge in [-0.15, -0.1) is 0 Å². The Morgan fingerprint density at radius 2 is 2.08 bits per heavy atom. The van der Waals surface area contributed by atoms with Gasteiger partial charge in [0.15, 0.2) is 5.88 Å². The van der Waals surface area contributed by atoms with Crippen LogP contribution in [0.4, 0.5) is 0 Å². The van der Waals surface area contributed by atoms with Crippen LogP contribution in [0.2, 0.25) is 0 Å². The molecule has 4 N–H and O–H groups in total. The van der Waals surface area contributed by atoms with Crippen molar-refractivity contribution < 1.29 is 15.0 Å². The van der Waals surface area contributed by atoms with E-state index in [9.17, 15) is 19.8 Å². The highest BCUT2D eigenvalue weighted by Gasteiger charge is 2.70. The average Bonchev–Trinajstić information content (AvgIpc) is 2.48. The Morgan fingerprint density at radius 1 is 1.38 bits per heavy atom. The van der Waals surface area contributed by atoms with Crippen LogP contribution in [0.1, 0.15) is 41.6 Å². The maximum atomic E-state index is 12.4. The van der Waals surface area contributed by atoms with E-state index in [1.165, 1.54) is 6.92 Å². The highest BCUT2D eigenvalue weighted by molar-refractivity contribution is 5.97. The molecule has 0 unspecified atom stereocenters. The van der Waals surface area contributed by atoms with Crippen LogP contribution in [0.15, 0.2) is 27.6 Å². The molecule has 24 heavy (non-hydrogen) atoms. The summed E-state index contributed by atoms with van der Waals surface area (Å²) >= 11 is 0. The van der Waals surface area contributed by atoms with Crippen LogP contribution >= 0.6 is 0 Å². The summed E-state index contributed by atoms with van der Waals surface area (Å²) in [5.41, 5.74) is -0.377. The lowest BCUT2D eigenvalue weighted by Crippen LogP contribution is -2.75. The lowest BCUT2D eigenvalue weighted by Gasteiger charge is -2.70. The molecule has 3 saturated carbocycles. The highest BCUT2D eigenvalue weighted by Crippen LogP contribution is 2.70. The Hall–Kier alpha value is -2.79. The van der Waals surface area contributed by atoms with Gasteiger partial charge >= 0.3 is 0 Å². The number of carbonyl (C=O) groups excluding carboxylic acids is 1. The predicted molar refractivity (Wildman–Crippen MR) is 86.3 cm³/mol. The van der Waals surface area contributed by atoms with Crippen LogP contribution < -0.4 is 10.9 Å². The fourth-order valence-electron chi connectivity index (χ4n) is 4.10. The van der Waals surface area contributed by atoms with Gasteiger partial charge in [-0.3, -0.25) is 14.6 Å². The summed E-state index contributed by atoms with van der Waals surface area (Å²) in [6.07, 6.45) is 7.11. The zero-order valence-electron chi connectivity index (χ0n) is 13.1. The van der Waals surface area contributed by atoms with Crippen molar-refractivity contribution in [1.29, 1.82) is 0 Å². The van der Waals surface area contributed by atoms with Crippen LogP contribution in [-0.2, 0) is 0 Å². The molecule has 5 rings (SSSR count). The van der Waals surface area contributed by atoms with Crippen molar-refractivity contribution in [3.63, 3.8) is 0 Å². The van der Waals surface area contributed by atoms with Gasteiger partial charge in [0, 0.05) is 11.0 Å². The standard InChI is InChI=1S/C17H17N3O4/c1-9-12(21)11(14(23)19-13(9)22)15(24)20-17-6-16(7-17,8-17)10-4-2-3-5-18-10/h3-4H,2,6-8H2,1H3,(H,20,24)(H3,19,21,22,23). The summed E-state index contributed by atoms with van der Waals surface area (Å²) in [5, 5.41) is 22.4. The number of nitrogens with zero attached hydrogens (tertiary/aromatic N) is 1. The first kappa shape index (κ1) is 14.8. The van der Waals surface area contributed by atoms with E-state index >= 15 is 0 Å². The fraction of sp³-hybridized carbons (Fsp3) is 0.412. The number of nitrogens with one attached hydrogen (secondary N) is 2. The second-order valence-corrected chi connectivity index (χ2v) is 6.97. The molecule has 3 aliphatic carbocycles. The number of hydrogen-bond acceptors (Lipinski definition) is 5. The SMILES string of the molecule is Cc1c(O)[nH]c(=O)c(C(=O)NC23CC(C4=CCC=C=N4)(C2)C3)c1O. The van der Waals surface area contributed by atoms with Gasteiger partial charge in [-0.05, 0) is 44.6 Å². The fourth-order valence-corrected chi connectivity index (χ4v) is 4.10. The van der Waals surface area contributed by atoms with E-state index in [0.717, 1.165) is 31.4 Å². The molecular weight excluding hydrogens is 310 g/mol. The van der Waals surface area contributed by atoms with E-state index in [4.69, 9.17) is 0 Å². The summed E-state index contributed by atoms with van der Waals surface area (Å²) < 4.78 is 0. The molecule has 0 atom stereocenters. The third-order valence-electron chi connectivity index (χ3n) is 5.29. The topological polar surface area (TPSA) is 115 Å². The zero-order valence-corrected chi connectivity index (χ0v) is 13.1. The van der Waals surface area contributed by atoms with E-state index < -0.39 is 23.1 Å². The number of aromatic nitrogens is 1. The molecule has 2 bridgehead atoms. The summed E-state index contributed by atoms with van der Waals surface area (Å²) in [6, 6.07) is 0. The van der Waals surface area contributed by atoms with Gasteiger partial charge in [-0.25, -0.2) is 4.99 Å². The van der Waals surface area contributed by atoms with Crippen LogP contribution in [0, 0.1) is 12.3 Å². The first-order chi connectivity index (χ1) is 11.4. The predicted octanol–water partition coefficient (Wildman–Crippen LogP) is 1.26. The Labute approximate surface area is 137 Å². The third-order valence-corrected chi connectivity index (χ3v) is 5.29. The van der Waals surface area contributed by atoms with Crippen molar-refractivity contribution in [1.82, 2.24) is 10.3 Å². The van der Waals surface area contributed by atoms with Gasteiger partial charge in [0.1, 0.15) is 11.3 Å². The van der Waals surface area contributed by atoms with Crippen molar-refractivity contribution in [3.05, 3.63) is 39.3 Å². The third kappa shape index (κ3) is 1.88. The number of carbonyl (C=O) groups is 1. The van der Waals surface area contributed by atoms with Gasteiger partial charge in [0.2, 0.25) is 0 Å². The Balaban J connectivity index is 1.52. The molecule has 1 amide bonds. The number of H-pyrrole nitrogens is 1. The number of hydrogen-bond donors (Lipinski definition) is 4. The lowest BCUT2D eigenvalue weighted by molar-refractivity contribution is -0.118. The average molecular weight is 327 g/mol. The number of aromatic amines is 1. The monoisotopic (exact) mass is 327 g/mol. The van der Waals surface area contributed by atoms with Crippen molar-refractivity contribution in [2.75, 3.05) is 0 Å². The molecule has 7 nitrogen and oxygen atoms in total. The number of rotatable bonds is 3. The van der Waals surface area contributed by atoms with Gasteiger partial charge in [-0.1, -0.05) is 6.08 Å². The minimum absolute atomic E-state index is 0.0217. The molecule has 0 aromatic carbocycles. The number of allylic oxidation sites excluding steroid dienone is 3. The summed E-state index contributed by atoms with van der Waals surface area (Å²) in [6.45, 7) is 1.43. The Bertz CT molecular complexity index is 899. The summed E-state index contributed by atoms with van der Waals surface area (Å²) in [4.78, 5) is 30.8. The molecule has 0 spiro atoms. The second kappa shape index (κ2) is 4.61. The van der Waals surface area contributed by atoms with Gasteiger partial charge in [0.05, 0.1) is 11.3 Å². The van der Waals surface area contributed by atoms with Gasteiger partial charge in [-0.2, -0.15) is 0 Å². The number of aromatic hydroxyl groups is 2. The zero-order chi connectivity index (χ0) is 17.1. The molecule has 1 aromatic heterocycles. The molecule has 1 aliphatic heterocycles. The number of aliphatic imine (C=N–C) groups is 1. The van der Waals surface area contributed by atoms with Crippen LogP contribution in [-0.4, -0.2) is 32.5 Å². The molecule has 1 aromatic rings. The smallest absolute Gasteiger partial charge is 0.267 e. The minimum Gasteiger partial charge on any atom is -0.506 e. The second-order valence-electron chi connectivity index (χ2n) is 6.97. The Kier molecular flexibility index (Phi) is 2.84. The Morgan fingerprint density at radius 3 is 2.71 bits per heavy atom. The molecule has 2 heterocycles. The normalized spacial score (nSPS) is 29.5. The van der Waals surface area contributed by atoms with Crippen molar-refractivity contribution in [2.24, 2.45) is 10.4 Å². The van der Waals surface area contributed by atoms with Crippen molar-refractivity contribution in [3.8, 4) is 11.6 Å². The first-order valence-corrected chi connectivity index (χ1v) is 7.82. The molecular formula is C17H17N3O4. The summed E-state index contributed by atoms with van der Waals surface area (Å²) in [5.74, 6) is 1.34. The van der Waals surface area contributed by atoms with Crippen LogP contribution in [0.3, 0.4) is 0 Å². The lowest BCUT2D eigenvalue weighted by atomic mass is 9.38. The van der Waals surface area contributed by atoms with Gasteiger partial charge < -0.3 is 15.5 Å². The molecule has 3 fully saturated rings. The maximum Gasteiger partial charge on any atom is 0.267 e. The van der Waals surface area contributed by atoms with Crippen LogP contribution in [0.5, 0.6) is 11.6 Å². The summed E-state index contributed by atoms with van der Waals surface area (Å²) in [7, 11) is 0. The van der Waals surface area contributed by atoms with Crippen molar-refractivity contribution >= 4 is 11.8 Å². The van der Waals surface area contributed by atoms with Crippen LogP contribution in [0.25, 0.3) is 0 Å². The van der Waals surface area contributed by atoms with E-state index in [2.05, 4.69) is 27.2 Å². The quantitative estimate of drug-likeness (QED) is 0.669. The highest BCUT2D eigenvalue weighted by atomic mass is 16.3. The van der Waals surface area contributed by atoms with E-state index in [-0.39, 0.29) is 22.1 Å². The molecule has 0 radical (unpaired) electrons. The molecule has 4 aliphatic rings. The maximum absolute atomic E-state index is 12.4. The molecule has 0 saturated heterocycles. The minimum atomic E-state index is -0.806. The van der Waals surface area contributed by atoms with E-state index in [1.54, 1.807) is 0 Å². The number of pyridine rings is 1. The molecule has 124 valence electrons. The van der Waals surface area contributed by atoms with Crippen molar-refractivity contribution in [2.45, 2.75) is 38.1 Å². The largest absolute Gasteiger partial charge is 0.506 e. The first-order valence-electron chi connectivity index (χ1n) is 7.82. The van der Waals surface area contributed by atoms with E-state index in [1.807, 2.05) is 6.08 Å². The van der Waals surface area contributed by atoms with E-state index in [0.29, 0.717) is 0 Å². The van der Waals surface area contributed by atoms with Gasteiger partial charge in [0.25, 0.3) is 11.5 Å². The molecule has 7 heteroatoms. The number of amides is 1.